The molecule has 18 heavy (non-hydrogen) atoms. The third-order valence-electron chi connectivity index (χ3n) is 3.36. The van der Waals surface area contributed by atoms with Crippen molar-refractivity contribution in [2.45, 2.75) is 31.7 Å². The van der Waals surface area contributed by atoms with Crippen LogP contribution in [0.4, 0.5) is 0 Å². The van der Waals surface area contributed by atoms with Crippen LogP contribution in [0.3, 0.4) is 0 Å². The first kappa shape index (κ1) is 13.6. The highest BCUT2D eigenvalue weighted by Gasteiger charge is 2.18. The summed E-state index contributed by atoms with van der Waals surface area (Å²) in [6, 6.07) is 8.49. The van der Waals surface area contributed by atoms with Crippen molar-refractivity contribution in [1.29, 1.82) is 0 Å². The normalized spacial score (nSPS) is 20.7. The van der Waals surface area contributed by atoms with Crippen LogP contribution < -0.4 is 10.6 Å². The number of hydrogen-bond acceptors (Lipinski definition) is 2. The fourth-order valence-corrected chi connectivity index (χ4v) is 2.52. The van der Waals surface area contributed by atoms with Gasteiger partial charge in [-0.2, -0.15) is 0 Å². The van der Waals surface area contributed by atoms with Crippen molar-refractivity contribution in [3.63, 3.8) is 0 Å². The summed E-state index contributed by atoms with van der Waals surface area (Å²) >= 11 is 3.42. The molecule has 2 N–H and O–H groups in total. The Morgan fingerprint density at radius 2 is 2.22 bits per heavy atom. The molecule has 0 aliphatic carbocycles. The lowest BCUT2D eigenvalue weighted by atomic mass is 9.97. The zero-order valence-electron chi connectivity index (χ0n) is 10.6. The second-order valence-electron chi connectivity index (χ2n) is 4.91. The van der Waals surface area contributed by atoms with E-state index in [9.17, 15) is 4.79 Å². The van der Waals surface area contributed by atoms with Crippen molar-refractivity contribution >= 4 is 21.8 Å². The van der Waals surface area contributed by atoms with E-state index in [1.807, 2.05) is 12.1 Å². The Kier molecular flexibility index (Phi) is 4.78. The molecule has 98 valence electrons. The van der Waals surface area contributed by atoms with Crippen molar-refractivity contribution in [2.24, 2.45) is 0 Å². The summed E-state index contributed by atoms with van der Waals surface area (Å²) in [7, 11) is 0. The maximum absolute atomic E-state index is 11.9. The lowest BCUT2D eigenvalue weighted by molar-refractivity contribution is -0.122. The van der Waals surface area contributed by atoms with Crippen LogP contribution in [0.1, 0.15) is 31.2 Å². The summed E-state index contributed by atoms with van der Waals surface area (Å²) in [5.74, 6) is 0.409. The Balaban J connectivity index is 1.84. The van der Waals surface area contributed by atoms with Gasteiger partial charge < -0.3 is 10.6 Å². The Labute approximate surface area is 116 Å². The Hall–Kier alpha value is -0.870. The minimum absolute atomic E-state index is 0.152. The van der Waals surface area contributed by atoms with Crippen molar-refractivity contribution in [3.05, 3.63) is 34.3 Å². The van der Waals surface area contributed by atoms with Gasteiger partial charge in [-0.1, -0.05) is 35.0 Å². The van der Waals surface area contributed by atoms with Crippen LogP contribution in [0.25, 0.3) is 0 Å². The molecule has 1 fully saturated rings. The summed E-state index contributed by atoms with van der Waals surface area (Å²) in [4.78, 5) is 11.9. The first-order valence-electron chi connectivity index (χ1n) is 6.40. The van der Waals surface area contributed by atoms with Crippen LogP contribution in [0, 0.1) is 0 Å². The summed E-state index contributed by atoms with van der Waals surface area (Å²) in [6.07, 6.45) is 1.59. The van der Waals surface area contributed by atoms with Gasteiger partial charge in [-0.05, 0) is 36.6 Å². The van der Waals surface area contributed by atoms with Crippen LogP contribution in [-0.4, -0.2) is 25.0 Å². The van der Waals surface area contributed by atoms with E-state index in [1.165, 1.54) is 5.56 Å². The van der Waals surface area contributed by atoms with E-state index in [-0.39, 0.29) is 11.8 Å². The van der Waals surface area contributed by atoms with E-state index in [0.29, 0.717) is 12.5 Å². The highest BCUT2D eigenvalue weighted by Crippen LogP contribution is 2.21. The Morgan fingerprint density at radius 1 is 1.50 bits per heavy atom. The Bertz CT molecular complexity index is 399. The number of benzene rings is 1. The second-order valence-corrected chi connectivity index (χ2v) is 5.83. The molecule has 2 atom stereocenters. The average molecular weight is 311 g/mol. The minimum Gasteiger partial charge on any atom is -0.352 e. The van der Waals surface area contributed by atoms with Crippen LogP contribution in [-0.2, 0) is 4.79 Å². The molecule has 1 aromatic carbocycles. The van der Waals surface area contributed by atoms with Gasteiger partial charge in [0.1, 0.15) is 0 Å². The molecule has 0 radical (unpaired) electrons. The molecule has 3 nitrogen and oxygen atoms in total. The second kappa shape index (κ2) is 6.34. The van der Waals surface area contributed by atoms with Crippen molar-refractivity contribution in [3.8, 4) is 0 Å². The van der Waals surface area contributed by atoms with Crippen molar-refractivity contribution < 1.29 is 4.79 Å². The van der Waals surface area contributed by atoms with Crippen LogP contribution in [0.2, 0.25) is 0 Å². The van der Waals surface area contributed by atoms with Crippen LogP contribution >= 0.6 is 15.9 Å². The van der Waals surface area contributed by atoms with E-state index in [0.717, 1.165) is 24.0 Å². The first-order chi connectivity index (χ1) is 8.65. The van der Waals surface area contributed by atoms with E-state index >= 15 is 0 Å². The standard InChI is InChI=1S/C14H19BrN2O/c1-10(11-2-4-12(15)5-3-11)8-14(18)17-13-6-7-16-9-13/h2-5,10,13,16H,6-9H2,1H3,(H,17,18)/t10?,13-/m0/s1. The molecular weight excluding hydrogens is 292 g/mol. The van der Waals surface area contributed by atoms with Gasteiger partial charge in [0.15, 0.2) is 0 Å². The molecule has 0 spiro atoms. The maximum Gasteiger partial charge on any atom is 0.220 e. The summed E-state index contributed by atoms with van der Waals surface area (Å²) in [5.41, 5.74) is 1.21. The average Bonchev–Trinajstić information content (AvgIpc) is 2.82. The number of nitrogens with one attached hydrogen (secondary N) is 2. The molecule has 2 rings (SSSR count). The number of hydrogen-bond donors (Lipinski definition) is 2. The van der Waals surface area contributed by atoms with Gasteiger partial charge >= 0.3 is 0 Å². The number of amides is 1. The topological polar surface area (TPSA) is 41.1 Å². The third-order valence-corrected chi connectivity index (χ3v) is 3.88. The van der Waals surface area contributed by atoms with E-state index < -0.39 is 0 Å². The van der Waals surface area contributed by atoms with E-state index in [2.05, 4.69) is 45.6 Å². The molecule has 1 aromatic rings. The SMILES string of the molecule is CC(CC(=O)N[C@H]1CCNC1)c1ccc(Br)cc1. The van der Waals surface area contributed by atoms with E-state index in [4.69, 9.17) is 0 Å². The van der Waals surface area contributed by atoms with Gasteiger partial charge in [0.05, 0.1) is 0 Å². The molecule has 0 aromatic heterocycles. The van der Waals surface area contributed by atoms with Gasteiger partial charge in [-0.3, -0.25) is 4.79 Å². The molecule has 0 saturated carbocycles. The predicted molar refractivity (Wildman–Crippen MR) is 76.6 cm³/mol. The zero-order chi connectivity index (χ0) is 13.0. The highest BCUT2D eigenvalue weighted by atomic mass is 79.9. The first-order valence-corrected chi connectivity index (χ1v) is 7.20. The van der Waals surface area contributed by atoms with Gasteiger partial charge in [-0.15, -0.1) is 0 Å². The van der Waals surface area contributed by atoms with Crippen molar-refractivity contribution in [2.75, 3.05) is 13.1 Å². The molecule has 0 bridgehead atoms. The smallest absolute Gasteiger partial charge is 0.220 e. The molecule has 4 heteroatoms. The predicted octanol–water partition coefficient (Wildman–Crippen LogP) is 2.42. The molecule has 1 heterocycles. The van der Waals surface area contributed by atoms with Crippen molar-refractivity contribution in [1.82, 2.24) is 10.6 Å². The zero-order valence-corrected chi connectivity index (χ0v) is 12.2. The molecule has 1 amide bonds. The van der Waals surface area contributed by atoms with Gasteiger partial charge in [0.2, 0.25) is 5.91 Å². The highest BCUT2D eigenvalue weighted by molar-refractivity contribution is 9.10. The van der Waals surface area contributed by atoms with Gasteiger partial charge in [-0.25, -0.2) is 0 Å². The minimum atomic E-state index is 0.152. The van der Waals surface area contributed by atoms with Gasteiger partial charge in [0.25, 0.3) is 0 Å². The quantitative estimate of drug-likeness (QED) is 0.897. The maximum atomic E-state index is 11.9. The molecular formula is C14H19BrN2O. The summed E-state index contributed by atoms with van der Waals surface area (Å²) < 4.78 is 1.07. The van der Waals surface area contributed by atoms with Gasteiger partial charge in [0, 0.05) is 23.5 Å². The fourth-order valence-electron chi connectivity index (χ4n) is 2.25. The number of halogens is 1. The lowest BCUT2D eigenvalue weighted by Crippen LogP contribution is -2.36. The molecule has 1 aliphatic rings. The van der Waals surface area contributed by atoms with Crippen LogP contribution in [0.15, 0.2) is 28.7 Å². The monoisotopic (exact) mass is 310 g/mol. The van der Waals surface area contributed by atoms with E-state index in [1.54, 1.807) is 0 Å². The summed E-state index contributed by atoms with van der Waals surface area (Å²) in [6.45, 7) is 4.00. The number of rotatable bonds is 4. The molecule has 1 aliphatic heterocycles. The number of carbonyl (C=O) groups is 1. The van der Waals surface area contributed by atoms with Crippen LogP contribution in [0.5, 0.6) is 0 Å². The Morgan fingerprint density at radius 3 is 2.83 bits per heavy atom. The largest absolute Gasteiger partial charge is 0.352 e. The summed E-state index contributed by atoms with van der Waals surface area (Å²) in [5, 5.41) is 6.33. The molecule has 1 unspecified atom stereocenters. The number of carbonyl (C=O) groups excluding carboxylic acids is 1. The molecule has 1 saturated heterocycles. The third kappa shape index (κ3) is 3.82. The fraction of sp³-hybridized carbons (Fsp3) is 0.500. The lowest BCUT2D eigenvalue weighted by Gasteiger charge is -2.15.